The van der Waals surface area contributed by atoms with Crippen molar-refractivity contribution in [2.45, 2.75) is 45.1 Å². The van der Waals surface area contributed by atoms with Gasteiger partial charge >= 0.3 is 5.97 Å². The standard InChI is InChI=1S/C24H30O6/c1-19(25)13-14-23(24(26)27)30-18-15-20-9-5-6-12-22(20)29-17-8-7-16-28-21-10-3-2-4-11-21/h2-6,9-12,23H,7-8,13-18H2,1H3,(H,26,27). The normalized spacial score (nSPS) is 11.6. The van der Waals surface area contributed by atoms with Gasteiger partial charge in [0.1, 0.15) is 17.3 Å². The Hall–Kier alpha value is -2.86. The van der Waals surface area contributed by atoms with Crippen molar-refractivity contribution < 1.29 is 28.9 Å². The predicted octanol–water partition coefficient (Wildman–Crippen LogP) is 4.31. The predicted molar refractivity (Wildman–Crippen MR) is 114 cm³/mol. The number of Topliss-reactive ketones (excluding diaryl/α,β-unsaturated/α-hetero) is 1. The van der Waals surface area contributed by atoms with E-state index in [1.54, 1.807) is 0 Å². The maximum Gasteiger partial charge on any atom is 0.332 e. The molecule has 0 aliphatic heterocycles. The molecule has 0 aliphatic carbocycles. The van der Waals surface area contributed by atoms with Gasteiger partial charge in [0.15, 0.2) is 6.10 Å². The van der Waals surface area contributed by atoms with Crippen LogP contribution in [-0.4, -0.2) is 42.8 Å². The molecular formula is C24H30O6. The average molecular weight is 414 g/mol. The molecule has 0 aliphatic rings. The van der Waals surface area contributed by atoms with Crippen molar-refractivity contribution in [1.82, 2.24) is 0 Å². The molecule has 2 rings (SSSR count). The Labute approximate surface area is 177 Å². The van der Waals surface area contributed by atoms with E-state index in [2.05, 4.69) is 0 Å². The highest BCUT2D eigenvalue weighted by molar-refractivity contribution is 5.77. The molecule has 2 aromatic carbocycles. The number of carboxylic acids is 1. The molecule has 0 saturated heterocycles. The first-order valence-corrected chi connectivity index (χ1v) is 10.3. The van der Waals surface area contributed by atoms with Crippen LogP contribution in [0.15, 0.2) is 54.6 Å². The number of carboxylic acid groups (broad SMARTS) is 1. The van der Waals surface area contributed by atoms with E-state index >= 15 is 0 Å². The number of benzene rings is 2. The third kappa shape index (κ3) is 9.09. The van der Waals surface area contributed by atoms with Gasteiger partial charge in [-0.2, -0.15) is 0 Å². The van der Waals surface area contributed by atoms with Gasteiger partial charge < -0.3 is 24.1 Å². The van der Waals surface area contributed by atoms with Crippen molar-refractivity contribution >= 4 is 11.8 Å². The van der Waals surface area contributed by atoms with E-state index in [9.17, 15) is 14.7 Å². The highest BCUT2D eigenvalue weighted by Gasteiger charge is 2.18. The van der Waals surface area contributed by atoms with Crippen LogP contribution in [0.1, 0.15) is 38.2 Å². The van der Waals surface area contributed by atoms with Crippen LogP contribution < -0.4 is 9.47 Å². The first-order valence-electron chi connectivity index (χ1n) is 10.3. The molecule has 1 unspecified atom stereocenters. The van der Waals surface area contributed by atoms with Crippen molar-refractivity contribution in [2.24, 2.45) is 0 Å². The molecule has 0 spiro atoms. The van der Waals surface area contributed by atoms with E-state index < -0.39 is 12.1 Å². The van der Waals surface area contributed by atoms with Crippen LogP contribution in [0, 0.1) is 0 Å². The number of aliphatic carboxylic acids is 1. The van der Waals surface area contributed by atoms with Gasteiger partial charge in [-0.05, 0) is 56.4 Å². The first kappa shape index (κ1) is 23.4. The van der Waals surface area contributed by atoms with E-state index in [-0.39, 0.29) is 25.2 Å². The largest absolute Gasteiger partial charge is 0.494 e. The third-order valence-electron chi connectivity index (χ3n) is 4.51. The van der Waals surface area contributed by atoms with Gasteiger partial charge in [0.05, 0.1) is 19.8 Å². The second-order valence-corrected chi connectivity index (χ2v) is 7.01. The van der Waals surface area contributed by atoms with E-state index in [4.69, 9.17) is 14.2 Å². The van der Waals surface area contributed by atoms with Crippen LogP contribution in [-0.2, 0) is 20.7 Å². The summed E-state index contributed by atoms with van der Waals surface area (Å²) in [4.78, 5) is 22.3. The summed E-state index contributed by atoms with van der Waals surface area (Å²) in [6, 6.07) is 17.4. The number of unbranched alkanes of at least 4 members (excludes halogenated alkanes) is 1. The molecule has 162 valence electrons. The minimum Gasteiger partial charge on any atom is -0.494 e. The Balaban J connectivity index is 1.70. The van der Waals surface area contributed by atoms with Crippen molar-refractivity contribution in [3.63, 3.8) is 0 Å². The van der Waals surface area contributed by atoms with E-state index in [1.165, 1.54) is 6.92 Å². The topological polar surface area (TPSA) is 82.1 Å². The van der Waals surface area contributed by atoms with Crippen molar-refractivity contribution in [1.29, 1.82) is 0 Å². The SMILES string of the molecule is CC(=O)CCC(OCCc1ccccc1OCCCCOc1ccccc1)C(=O)O. The first-order chi connectivity index (χ1) is 14.6. The summed E-state index contributed by atoms with van der Waals surface area (Å²) in [5.74, 6) is 0.559. The van der Waals surface area contributed by atoms with E-state index in [1.807, 2.05) is 54.6 Å². The summed E-state index contributed by atoms with van der Waals surface area (Å²) >= 11 is 0. The van der Waals surface area contributed by atoms with Gasteiger partial charge in [-0.15, -0.1) is 0 Å². The fourth-order valence-electron chi connectivity index (χ4n) is 2.87. The molecule has 6 heteroatoms. The van der Waals surface area contributed by atoms with Gasteiger partial charge in [0.2, 0.25) is 0 Å². The highest BCUT2D eigenvalue weighted by atomic mass is 16.5. The van der Waals surface area contributed by atoms with Crippen LogP contribution in [0.3, 0.4) is 0 Å². The molecule has 0 aromatic heterocycles. The lowest BCUT2D eigenvalue weighted by atomic mass is 10.1. The zero-order valence-electron chi connectivity index (χ0n) is 17.4. The van der Waals surface area contributed by atoms with Gasteiger partial charge in [-0.3, -0.25) is 0 Å². The lowest BCUT2D eigenvalue weighted by Gasteiger charge is -2.15. The second-order valence-electron chi connectivity index (χ2n) is 7.01. The summed E-state index contributed by atoms with van der Waals surface area (Å²) in [6.07, 6.45) is 1.71. The average Bonchev–Trinajstić information content (AvgIpc) is 2.74. The number of carbonyl (C=O) groups excluding carboxylic acids is 1. The van der Waals surface area contributed by atoms with Crippen molar-refractivity contribution in [2.75, 3.05) is 19.8 Å². The van der Waals surface area contributed by atoms with Gasteiger partial charge in [0.25, 0.3) is 0 Å². The minimum atomic E-state index is -1.04. The molecule has 2 aromatic rings. The number of rotatable bonds is 15. The van der Waals surface area contributed by atoms with Crippen LogP contribution >= 0.6 is 0 Å². The molecule has 0 fully saturated rings. The Kier molecular flexibility index (Phi) is 10.4. The molecule has 0 bridgehead atoms. The lowest BCUT2D eigenvalue weighted by molar-refractivity contribution is -0.150. The molecular weight excluding hydrogens is 384 g/mol. The van der Waals surface area contributed by atoms with Crippen LogP contribution in [0.5, 0.6) is 11.5 Å². The number of ether oxygens (including phenoxy) is 3. The summed E-state index contributed by atoms with van der Waals surface area (Å²) in [7, 11) is 0. The van der Waals surface area contributed by atoms with Crippen molar-refractivity contribution in [3.8, 4) is 11.5 Å². The maximum absolute atomic E-state index is 11.3. The van der Waals surface area contributed by atoms with Crippen LogP contribution in [0.4, 0.5) is 0 Å². The smallest absolute Gasteiger partial charge is 0.332 e. The van der Waals surface area contributed by atoms with Gasteiger partial charge in [-0.1, -0.05) is 36.4 Å². The second kappa shape index (κ2) is 13.4. The minimum absolute atomic E-state index is 0.0437. The molecule has 6 nitrogen and oxygen atoms in total. The molecule has 0 heterocycles. The molecule has 0 saturated carbocycles. The van der Waals surface area contributed by atoms with Gasteiger partial charge in [0, 0.05) is 6.42 Å². The molecule has 1 atom stereocenters. The van der Waals surface area contributed by atoms with E-state index in [0.717, 1.165) is 29.9 Å². The fraction of sp³-hybridized carbons (Fsp3) is 0.417. The van der Waals surface area contributed by atoms with Gasteiger partial charge in [-0.25, -0.2) is 4.79 Å². The lowest BCUT2D eigenvalue weighted by Crippen LogP contribution is -2.25. The molecule has 0 radical (unpaired) electrons. The van der Waals surface area contributed by atoms with E-state index in [0.29, 0.717) is 19.6 Å². The summed E-state index contributed by atoms with van der Waals surface area (Å²) in [6.45, 7) is 2.91. The van der Waals surface area contributed by atoms with Crippen LogP contribution in [0.25, 0.3) is 0 Å². The number of hydrogen-bond acceptors (Lipinski definition) is 5. The number of ketones is 1. The fourth-order valence-corrected chi connectivity index (χ4v) is 2.87. The highest BCUT2D eigenvalue weighted by Crippen LogP contribution is 2.19. The Morgan fingerprint density at radius 2 is 1.57 bits per heavy atom. The zero-order valence-corrected chi connectivity index (χ0v) is 17.4. The monoisotopic (exact) mass is 414 g/mol. The molecule has 30 heavy (non-hydrogen) atoms. The Bertz CT molecular complexity index is 774. The maximum atomic E-state index is 11.3. The summed E-state index contributed by atoms with van der Waals surface area (Å²) < 4.78 is 17.1. The zero-order chi connectivity index (χ0) is 21.6. The Morgan fingerprint density at radius 1 is 0.900 bits per heavy atom. The summed E-state index contributed by atoms with van der Waals surface area (Å²) in [5, 5.41) is 9.23. The van der Waals surface area contributed by atoms with Crippen LogP contribution in [0.2, 0.25) is 0 Å². The number of hydrogen-bond donors (Lipinski definition) is 1. The number of carbonyl (C=O) groups is 2. The third-order valence-corrected chi connectivity index (χ3v) is 4.51. The quantitative estimate of drug-likeness (QED) is 0.438. The Morgan fingerprint density at radius 3 is 2.27 bits per heavy atom. The molecule has 1 N–H and O–H groups in total. The number of para-hydroxylation sites is 2. The summed E-state index contributed by atoms with van der Waals surface area (Å²) in [5.41, 5.74) is 0.966. The molecule has 0 amide bonds. The van der Waals surface area contributed by atoms with Crippen molar-refractivity contribution in [3.05, 3.63) is 60.2 Å².